The van der Waals surface area contributed by atoms with Crippen LogP contribution in [-0.4, -0.2) is 25.7 Å². The molecule has 2 aromatic carbocycles. The highest BCUT2D eigenvalue weighted by molar-refractivity contribution is 5.78. The third-order valence-corrected chi connectivity index (χ3v) is 3.94. The van der Waals surface area contributed by atoms with Crippen LogP contribution >= 0.6 is 0 Å². The smallest absolute Gasteiger partial charge is 0.217 e. The van der Waals surface area contributed by atoms with Crippen molar-refractivity contribution >= 4 is 11.0 Å². The molecule has 0 saturated heterocycles. The highest BCUT2D eigenvalue weighted by Crippen LogP contribution is 2.36. The van der Waals surface area contributed by atoms with Gasteiger partial charge in [-0.2, -0.15) is 0 Å². The first kappa shape index (κ1) is 15.9. The van der Waals surface area contributed by atoms with Crippen LogP contribution < -0.4 is 9.47 Å². The Kier molecular flexibility index (Phi) is 4.37. The van der Waals surface area contributed by atoms with E-state index in [4.69, 9.17) is 13.9 Å². The molecule has 0 aliphatic heterocycles. The SMILES string of the molecule is COc1ccc(C(C[N+](=O)[O-])c2cc3ccccc3o2)c(OC)c1. The lowest BCUT2D eigenvalue weighted by Crippen LogP contribution is -2.14. The van der Waals surface area contributed by atoms with Gasteiger partial charge >= 0.3 is 0 Å². The van der Waals surface area contributed by atoms with Crippen molar-refractivity contribution in [2.24, 2.45) is 0 Å². The normalized spacial score (nSPS) is 12.1. The Balaban J connectivity index is 2.11. The van der Waals surface area contributed by atoms with Crippen molar-refractivity contribution < 1.29 is 18.8 Å². The van der Waals surface area contributed by atoms with Gasteiger partial charge in [0.15, 0.2) is 0 Å². The van der Waals surface area contributed by atoms with Crippen LogP contribution in [0.2, 0.25) is 0 Å². The highest BCUT2D eigenvalue weighted by Gasteiger charge is 2.27. The fourth-order valence-electron chi connectivity index (χ4n) is 2.77. The minimum atomic E-state index is -0.548. The molecule has 1 atom stereocenters. The van der Waals surface area contributed by atoms with E-state index in [1.54, 1.807) is 25.3 Å². The Morgan fingerprint density at radius 3 is 2.58 bits per heavy atom. The van der Waals surface area contributed by atoms with E-state index in [1.165, 1.54) is 7.11 Å². The molecule has 3 rings (SSSR count). The topological polar surface area (TPSA) is 74.7 Å². The quantitative estimate of drug-likeness (QED) is 0.507. The second-order valence-corrected chi connectivity index (χ2v) is 5.36. The van der Waals surface area contributed by atoms with E-state index in [1.807, 2.05) is 30.3 Å². The third kappa shape index (κ3) is 3.03. The van der Waals surface area contributed by atoms with E-state index in [9.17, 15) is 10.1 Å². The maximum Gasteiger partial charge on any atom is 0.217 e. The summed E-state index contributed by atoms with van der Waals surface area (Å²) in [4.78, 5) is 10.8. The zero-order chi connectivity index (χ0) is 17.1. The van der Waals surface area contributed by atoms with Crippen LogP contribution in [0.1, 0.15) is 17.2 Å². The van der Waals surface area contributed by atoms with Crippen LogP contribution in [0.3, 0.4) is 0 Å². The number of nitro groups is 1. The molecule has 6 heteroatoms. The molecule has 24 heavy (non-hydrogen) atoms. The third-order valence-electron chi connectivity index (χ3n) is 3.94. The summed E-state index contributed by atoms with van der Waals surface area (Å²) in [6.07, 6.45) is 0. The Morgan fingerprint density at radius 1 is 1.12 bits per heavy atom. The number of ether oxygens (including phenoxy) is 2. The van der Waals surface area contributed by atoms with E-state index in [-0.39, 0.29) is 11.5 Å². The Morgan fingerprint density at radius 2 is 1.92 bits per heavy atom. The van der Waals surface area contributed by atoms with Crippen molar-refractivity contribution in [1.29, 1.82) is 0 Å². The van der Waals surface area contributed by atoms with Crippen LogP contribution in [0.25, 0.3) is 11.0 Å². The van der Waals surface area contributed by atoms with Gasteiger partial charge in [0.05, 0.1) is 14.2 Å². The number of furan rings is 1. The largest absolute Gasteiger partial charge is 0.497 e. The van der Waals surface area contributed by atoms with E-state index in [2.05, 4.69) is 0 Å². The zero-order valence-corrected chi connectivity index (χ0v) is 13.4. The summed E-state index contributed by atoms with van der Waals surface area (Å²) in [5.74, 6) is 1.14. The summed E-state index contributed by atoms with van der Waals surface area (Å²) < 4.78 is 16.4. The van der Waals surface area contributed by atoms with Crippen LogP contribution in [0.15, 0.2) is 52.9 Å². The molecule has 0 bridgehead atoms. The molecule has 1 aromatic heterocycles. The van der Waals surface area contributed by atoms with Crippen LogP contribution in [0, 0.1) is 10.1 Å². The number of hydrogen-bond donors (Lipinski definition) is 0. The molecule has 0 N–H and O–H groups in total. The van der Waals surface area contributed by atoms with E-state index < -0.39 is 5.92 Å². The highest BCUT2D eigenvalue weighted by atomic mass is 16.6. The second-order valence-electron chi connectivity index (χ2n) is 5.36. The molecular weight excluding hydrogens is 310 g/mol. The molecule has 0 fully saturated rings. The molecule has 0 aliphatic carbocycles. The average molecular weight is 327 g/mol. The van der Waals surface area contributed by atoms with E-state index in [0.717, 1.165) is 5.39 Å². The lowest BCUT2D eigenvalue weighted by Gasteiger charge is -2.15. The fourth-order valence-corrected chi connectivity index (χ4v) is 2.77. The molecule has 0 amide bonds. The van der Waals surface area contributed by atoms with Gasteiger partial charge in [-0.15, -0.1) is 0 Å². The number of fused-ring (bicyclic) bond motifs is 1. The van der Waals surface area contributed by atoms with Gasteiger partial charge in [0, 0.05) is 21.9 Å². The molecule has 124 valence electrons. The molecule has 1 heterocycles. The van der Waals surface area contributed by atoms with Crippen molar-refractivity contribution in [2.45, 2.75) is 5.92 Å². The summed E-state index contributed by atoms with van der Waals surface area (Å²) >= 11 is 0. The van der Waals surface area contributed by atoms with Gasteiger partial charge < -0.3 is 13.9 Å². The van der Waals surface area contributed by atoms with Crippen molar-refractivity contribution in [2.75, 3.05) is 20.8 Å². The monoisotopic (exact) mass is 327 g/mol. The molecule has 6 nitrogen and oxygen atoms in total. The van der Waals surface area contributed by atoms with Gasteiger partial charge in [0.1, 0.15) is 28.8 Å². The second kappa shape index (κ2) is 6.62. The van der Waals surface area contributed by atoms with Gasteiger partial charge in [-0.25, -0.2) is 0 Å². The summed E-state index contributed by atoms with van der Waals surface area (Å²) in [6, 6.07) is 14.6. The molecule has 0 aliphatic rings. The summed E-state index contributed by atoms with van der Waals surface area (Å²) in [7, 11) is 3.09. The maximum absolute atomic E-state index is 11.2. The predicted molar refractivity (Wildman–Crippen MR) is 89.5 cm³/mol. The predicted octanol–water partition coefficient (Wildman–Crippen LogP) is 3.86. The lowest BCUT2D eigenvalue weighted by atomic mass is 9.95. The van der Waals surface area contributed by atoms with Gasteiger partial charge in [0.25, 0.3) is 0 Å². The Labute approximate surface area is 138 Å². The Bertz CT molecular complexity index is 838. The molecular formula is C18H17NO5. The summed E-state index contributed by atoms with van der Waals surface area (Å²) in [5.41, 5.74) is 1.39. The number of hydrogen-bond acceptors (Lipinski definition) is 5. The number of benzene rings is 2. The number of methoxy groups -OCH3 is 2. The molecule has 3 aromatic rings. The lowest BCUT2D eigenvalue weighted by molar-refractivity contribution is -0.482. The molecule has 1 unspecified atom stereocenters. The summed E-state index contributed by atoms with van der Waals surface area (Å²) in [5, 5.41) is 12.1. The minimum absolute atomic E-state index is 0.289. The minimum Gasteiger partial charge on any atom is -0.497 e. The first-order valence-electron chi connectivity index (χ1n) is 7.44. The van der Waals surface area contributed by atoms with Crippen LogP contribution in [0.5, 0.6) is 11.5 Å². The zero-order valence-electron chi connectivity index (χ0n) is 13.4. The van der Waals surface area contributed by atoms with Gasteiger partial charge in [-0.3, -0.25) is 10.1 Å². The van der Waals surface area contributed by atoms with Crippen molar-refractivity contribution in [1.82, 2.24) is 0 Å². The van der Waals surface area contributed by atoms with Crippen molar-refractivity contribution in [3.63, 3.8) is 0 Å². The van der Waals surface area contributed by atoms with E-state index in [0.29, 0.717) is 28.4 Å². The molecule has 0 spiro atoms. The fraction of sp³-hybridized carbons (Fsp3) is 0.222. The average Bonchev–Trinajstić information content (AvgIpc) is 3.02. The standard InChI is InChI=1S/C18H17NO5/c1-22-13-7-8-14(17(10-13)23-2)15(11-19(20)21)18-9-12-5-3-4-6-16(12)24-18/h3-10,15H,11H2,1-2H3. The number of nitrogens with zero attached hydrogens (tertiary/aromatic N) is 1. The first-order chi connectivity index (χ1) is 11.6. The van der Waals surface area contributed by atoms with Crippen molar-refractivity contribution in [3.05, 3.63) is 70.0 Å². The number of para-hydroxylation sites is 1. The Hall–Kier alpha value is -3.02. The first-order valence-corrected chi connectivity index (χ1v) is 7.44. The molecule has 0 saturated carbocycles. The molecule has 0 radical (unpaired) electrons. The summed E-state index contributed by atoms with van der Waals surface area (Å²) in [6.45, 7) is -0.289. The van der Waals surface area contributed by atoms with Crippen molar-refractivity contribution in [3.8, 4) is 11.5 Å². The maximum atomic E-state index is 11.2. The number of rotatable bonds is 6. The van der Waals surface area contributed by atoms with Crippen LogP contribution in [-0.2, 0) is 0 Å². The van der Waals surface area contributed by atoms with Crippen LogP contribution in [0.4, 0.5) is 0 Å². The van der Waals surface area contributed by atoms with Gasteiger partial charge in [-0.1, -0.05) is 24.3 Å². The van der Waals surface area contributed by atoms with Gasteiger partial charge in [-0.05, 0) is 18.2 Å². The van der Waals surface area contributed by atoms with Gasteiger partial charge in [0.2, 0.25) is 6.54 Å². The van der Waals surface area contributed by atoms with E-state index >= 15 is 0 Å².